The third kappa shape index (κ3) is 2.96. The van der Waals surface area contributed by atoms with Crippen molar-refractivity contribution in [2.45, 2.75) is 24.7 Å². The van der Waals surface area contributed by atoms with Crippen LogP contribution in [0.3, 0.4) is 0 Å². The smallest absolute Gasteiger partial charge is 0.422 e. The predicted octanol–water partition coefficient (Wildman–Crippen LogP) is 2.00. The van der Waals surface area contributed by atoms with E-state index in [1.807, 2.05) is 0 Å². The van der Waals surface area contributed by atoms with Gasteiger partial charge >= 0.3 is 12.2 Å². The molecular weight excluding hydrogens is 301 g/mol. The molecule has 2 heterocycles. The molecule has 1 aromatic carbocycles. The van der Waals surface area contributed by atoms with Crippen LogP contribution in [0.1, 0.15) is 6.42 Å². The summed E-state index contributed by atoms with van der Waals surface area (Å²) in [5, 5.41) is 9.55. The first-order chi connectivity index (χ1) is 10.3. The van der Waals surface area contributed by atoms with E-state index in [0.717, 1.165) is 0 Å². The van der Waals surface area contributed by atoms with Crippen molar-refractivity contribution in [2.75, 3.05) is 24.6 Å². The molecule has 2 saturated heterocycles. The second kappa shape index (κ2) is 5.35. The summed E-state index contributed by atoms with van der Waals surface area (Å²) in [6, 6.07) is 5.73. The molecular formula is C14H15F3N2O3. The number of aliphatic hydroxyl groups is 1. The molecule has 0 radical (unpaired) electrons. The second-order valence-electron chi connectivity index (χ2n) is 5.49. The van der Waals surface area contributed by atoms with Gasteiger partial charge in [-0.2, -0.15) is 13.2 Å². The van der Waals surface area contributed by atoms with Crippen LogP contribution in [0.4, 0.5) is 23.7 Å². The van der Waals surface area contributed by atoms with E-state index in [-0.39, 0.29) is 17.8 Å². The number of carbonyl (C=O) groups excluding carboxylic acids is 1. The Morgan fingerprint density at radius 3 is 2.50 bits per heavy atom. The van der Waals surface area contributed by atoms with E-state index in [1.165, 1.54) is 12.1 Å². The van der Waals surface area contributed by atoms with E-state index < -0.39 is 18.9 Å². The van der Waals surface area contributed by atoms with Crippen molar-refractivity contribution in [1.29, 1.82) is 0 Å². The molecule has 120 valence electrons. The lowest BCUT2D eigenvalue weighted by Crippen LogP contribution is -2.33. The minimum Gasteiger partial charge on any atom is -0.484 e. The van der Waals surface area contributed by atoms with E-state index >= 15 is 0 Å². The predicted molar refractivity (Wildman–Crippen MR) is 71.9 cm³/mol. The quantitative estimate of drug-likeness (QED) is 0.928. The van der Waals surface area contributed by atoms with Crippen LogP contribution < -0.4 is 9.64 Å². The van der Waals surface area contributed by atoms with Crippen molar-refractivity contribution in [2.24, 2.45) is 0 Å². The largest absolute Gasteiger partial charge is 0.484 e. The van der Waals surface area contributed by atoms with Crippen molar-refractivity contribution < 1.29 is 27.8 Å². The van der Waals surface area contributed by atoms with Crippen molar-refractivity contribution in [3.63, 3.8) is 0 Å². The summed E-state index contributed by atoms with van der Waals surface area (Å²) in [4.78, 5) is 15.4. The van der Waals surface area contributed by atoms with E-state index in [1.54, 1.807) is 21.9 Å². The molecule has 0 aliphatic carbocycles. The number of rotatable bonds is 3. The van der Waals surface area contributed by atoms with Crippen molar-refractivity contribution in [3.8, 4) is 5.75 Å². The van der Waals surface area contributed by atoms with E-state index in [0.29, 0.717) is 25.2 Å². The van der Waals surface area contributed by atoms with Crippen LogP contribution in [0.2, 0.25) is 0 Å². The van der Waals surface area contributed by atoms with Gasteiger partial charge in [0.15, 0.2) is 6.61 Å². The fourth-order valence-electron chi connectivity index (χ4n) is 2.85. The van der Waals surface area contributed by atoms with Crippen LogP contribution in [-0.2, 0) is 0 Å². The number of aliphatic hydroxyl groups excluding tert-OH is 1. The summed E-state index contributed by atoms with van der Waals surface area (Å²) in [6.45, 7) is -0.547. The van der Waals surface area contributed by atoms with Gasteiger partial charge in [0, 0.05) is 18.8 Å². The van der Waals surface area contributed by atoms with Crippen molar-refractivity contribution >= 4 is 11.7 Å². The Morgan fingerprint density at radius 1 is 1.23 bits per heavy atom. The lowest BCUT2D eigenvalue weighted by Gasteiger charge is -2.18. The molecule has 0 aromatic heterocycles. The standard InChI is InChI=1S/C14H15F3N2O3/c15-14(16,17)8-22-12-3-1-9(2-4-12)18-6-10-5-11(20)7-19(10)13(18)21/h1-4,10-11,20H,5-8H2/t10-,11?/m0/s1. The fourth-order valence-corrected chi connectivity index (χ4v) is 2.85. The Morgan fingerprint density at radius 2 is 1.91 bits per heavy atom. The van der Waals surface area contributed by atoms with Crippen molar-refractivity contribution in [1.82, 2.24) is 4.90 Å². The Balaban J connectivity index is 1.65. The first-order valence-corrected chi connectivity index (χ1v) is 6.89. The molecule has 8 heteroatoms. The minimum absolute atomic E-state index is 0.0105. The second-order valence-corrected chi connectivity index (χ2v) is 5.49. The van der Waals surface area contributed by atoms with Crippen LogP contribution in [0.15, 0.2) is 24.3 Å². The molecule has 3 rings (SSSR count). The topological polar surface area (TPSA) is 53.0 Å². The molecule has 2 fully saturated rings. The SMILES string of the molecule is O=C1N(c2ccc(OCC(F)(F)F)cc2)C[C@@H]2CC(O)CN12. The number of amides is 2. The summed E-state index contributed by atoms with van der Waals surface area (Å²) in [5.74, 6) is 0.101. The van der Waals surface area contributed by atoms with Gasteiger partial charge in [-0.3, -0.25) is 4.90 Å². The van der Waals surface area contributed by atoms with Gasteiger partial charge in [-0.05, 0) is 30.7 Å². The number of urea groups is 1. The summed E-state index contributed by atoms with van der Waals surface area (Å²) < 4.78 is 40.9. The van der Waals surface area contributed by atoms with Gasteiger partial charge in [0.05, 0.1) is 12.1 Å². The van der Waals surface area contributed by atoms with E-state index in [4.69, 9.17) is 0 Å². The highest BCUT2D eigenvalue weighted by Crippen LogP contribution is 2.31. The van der Waals surface area contributed by atoms with Crippen LogP contribution >= 0.6 is 0 Å². The number of carbonyl (C=O) groups is 1. The highest BCUT2D eigenvalue weighted by molar-refractivity contribution is 5.95. The summed E-state index contributed by atoms with van der Waals surface area (Å²) in [5.41, 5.74) is 0.605. The van der Waals surface area contributed by atoms with E-state index in [9.17, 15) is 23.1 Å². The van der Waals surface area contributed by atoms with Crippen molar-refractivity contribution in [3.05, 3.63) is 24.3 Å². The third-order valence-corrected chi connectivity index (χ3v) is 3.81. The number of anilines is 1. The molecule has 1 aromatic rings. The molecule has 2 amide bonds. The average molecular weight is 316 g/mol. The van der Waals surface area contributed by atoms with Crippen LogP contribution in [0, 0.1) is 0 Å². The number of hydrogen-bond acceptors (Lipinski definition) is 3. The van der Waals surface area contributed by atoms with E-state index in [2.05, 4.69) is 4.74 Å². The molecule has 5 nitrogen and oxygen atoms in total. The number of alkyl halides is 3. The van der Waals surface area contributed by atoms with Gasteiger partial charge in [0.25, 0.3) is 0 Å². The summed E-state index contributed by atoms with van der Waals surface area (Å²) in [7, 11) is 0. The highest BCUT2D eigenvalue weighted by Gasteiger charge is 2.43. The fraction of sp³-hybridized carbons (Fsp3) is 0.500. The number of benzene rings is 1. The molecule has 1 N–H and O–H groups in total. The monoisotopic (exact) mass is 316 g/mol. The maximum atomic E-state index is 12.2. The zero-order valence-corrected chi connectivity index (χ0v) is 11.6. The zero-order valence-electron chi connectivity index (χ0n) is 11.6. The maximum absolute atomic E-state index is 12.2. The minimum atomic E-state index is -4.38. The molecule has 22 heavy (non-hydrogen) atoms. The normalized spacial score (nSPS) is 24.8. The Bertz CT molecular complexity index is 561. The lowest BCUT2D eigenvalue weighted by molar-refractivity contribution is -0.153. The number of fused-ring (bicyclic) bond motifs is 1. The van der Waals surface area contributed by atoms with Gasteiger partial charge in [-0.25, -0.2) is 4.79 Å². The van der Waals surface area contributed by atoms with Gasteiger partial charge in [-0.1, -0.05) is 0 Å². The highest BCUT2D eigenvalue weighted by atomic mass is 19.4. The summed E-state index contributed by atoms with van der Waals surface area (Å²) >= 11 is 0. The number of ether oxygens (including phenoxy) is 1. The molecule has 2 aliphatic heterocycles. The molecule has 0 spiro atoms. The average Bonchev–Trinajstić information content (AvgIpc) is 2.95. The first kappa shape index (κ1) is 15.0. The number of hydrogen-bond donors (Lipinski definition) is 1. The number of halogens is 3. The molecule has 2 aliphatic rings. The van der Waals surface area contributed by atoms with Gasteiger partial charge in [0.2, 0.25) is 0 Å². The molecule has 1 unspecified atom stereocenters. The zero-order chi connectivity index (χ0) is 15.9. The Hall–Kier alpha value is -1.96. The number of nitrogens with zero attached hydrogens (tertiary/aromatic N) is 2. The first-order valence-electron chi connectivity index (χ1n) is 6.89. The third-order valence-electron chi connectivity index (χ3n) is 3.81. The van der Waals surface area contributed by atoms with Crippen LogP contribution in [0.25, 0.3) is 0 Å². The maximum Gasteiger partial charge on any atom is 0.422 e. The molecule has 0 saturated carbocycles. The van der Waals surface area contributed by atoms with Crippen LogP contribution in [-0.4, -0.2) is 54.1 Å². The van der Waals surface area contributed by atoms with Gasteiger partial charge < -0.3 is 14.7 Å². The van der Waals surface area contributed by atoms with Crippen LogP contribution in [0.5, 0.6) is 5.75 Å². The Labute approximate surface area is 124 Å². The molecule has 2 atom stereocenters. The molecule has 0 bridgehead atoms. The summed E-state index contributed by atoms with van der Waals surface area (Å²) in [6.07, 6.45) is -4.31. The Kier molecular flexibility index (Phi) is 3.64. The van der Waals surface area contributed by atoms with Gasteiger partial charge in [0.1, 0.15) is 5.75 Å². The lowest BCUT2D eigenvalue weighted by atomic mass is 10.2. The van der Waals surface area contributed by atoms with Gasteiger partial charge in [-0.15, -0.1) is 0 Å².